The molecule has 0 aromatic rings. The highest BCUT2D eigenvalue weighted by molar-refractivity contribution is 5.85. The fourth-order valence-electron chi connectivity index (χ4n) is 2.32. The SMILES string of the molecule is O=C1CCCN1CC(=O)N1CCC[C@H](O)C1. The minimum Gasteiger partial charge on any atom is -0.391 e. The number of nitrogens with zero attached hydrogens (tertiary/aromatic N) is 2. The first-order valence-corrected chi connectivity index (χ1v) is 5.90. The van der Waals surface area contributed by atoms with Gasteiger partial charge in [0.2, 0.25) is 11.8 Å². The largest absolute Gasteiger partial charge is 0.391 e. The topological polar surface area (TPSA) is 60.9 Å². The second-order valence-corrected chi connectivity index (χ2v) is 4.55. The zero-order valence-electron chi connectivity index (χ0n) is 9.39. The number of hydrogen-bond donors (Lipinski definition) is 1. The average Bonchev–Trinajstić information content (AvgIpc) is 2.64. The number of amides is 2. The molecule has 2 aliphatic rings. The van der Waals surface area contributed by atoms with Crippen LogP contribution in [0.2, 0.25) is 0 Å². The normalized spacial score (nSPS) is 26.3. The molecule has 2 fully saturated rings. The van der Waals surface area contributed by atoms with E-state index in [1.165, 1.54) is 0 Å². The zero-order valence-corrected chi connectivity index (χ0v) is 9.39. The summed E-state index contributed by atoms with van der Waals surface area (Å²) < 4.78 is 0. The number of aliphatic hydroxyl groups is 1. The predicted molar refractivity (Wildman–Crippen MR) is 57.6 cm³/mol. The van der Waals surface area contributed by atoms with Crippen LogP contribution in [0.4, 0.5) is 0 Å². The summed E-state index contributed by atoms with van der Waals surface area (Å²) in [7, 11) is 0. The highest BCUT2D eigenvalue weighted by Gasteiger charge is 2.27. The lowest BCUT2D eigenvalue weighted by molar-refractivity contribution is -0.140. The van der Waals surface area contributed by atoms with E-state index in [1.807, 2.05) is 0 Å². The predicted octanol–water partition coefficient (Wildman–Crippen LogP) is -0.408. The van der Waals surface area contributed by atoms with Crippen LogP contribution in [0.25, 0.3) is 0 Å². The van der Waals surface area contributed by atoms with Crippen molar-refractivity contribution in [2.75, 3.05) is 26.2 Å². The molecule has 0 aliphatic carbocycles. The van der Waals surface area contributed by atoms with Crippen LogP contribution in [0.1, 0.15) is 25.7 Å². The first-order valence-electron chi connectivity index (χ1n) is 5.90. The van der Waals surface area contributed by atoms with E-state index in [9.17, 15) is 14.7 Å². The Kier molecular flexibility index (Phi) is 3.43. The maximum Gasteiger partial charge on any atom is 0.242 e. The minimum absolute atomic E-state index is 0.0333. The lowest BCUT2D eigenvalue weighted by Gasteiger charge is -2.31. The molecular formula is C11H18N2O3. The van der Waals surface area contributed by atoms with Gasteiger partial charge < -0.3 is 14.9 Å². The molecule has 0 aromatic carbocycles. The number of β-amino-alcohol motifs (C(OH)–C–C–N with tert-alkyl or cyclic N) is 1. The van der Waals surface area contributed by atoms with Gasteiger partial charge in [-0.2, -0.15) is 0 Å². The summed E-state index contributed by atoms with van der Waals surface area (Å²) in [5.74, 6) is 0.0416. The summed E-state index contributed by atoms with van der Waals surface area (Å²) in [6, 6.07) is 0. The Morgan fingerprint density at radius 2 is 2.19 bits per heavy atom. The third kappa shape index (κ3) is 2.52. The van der Waals surface area contributed by atoms with Gasteiger partial charge in [-0.05, 0) is 19.3 Å². The Hall–Kier alpha value is -1.10. The van der Waals surface area contributed by atoms with Crippen molar-refractivity contribution < 1.29 is 14.7 Å². The van der Waals surface area contributed by atoms with Crippen LogP contribution in [0, 0.1) is 0 Å². The Balaban J connectivity index is 1.85. The van der Waals surface area contributed by atoms with E-state index in [-0.39, 0.29) is 18.4 Å². The van der Waals surface area contributed by atoms with Crippen LogP contribution in [-0.4, -0.2) is 59.0 Å². The van der Waals surface area contributed by atoms with E-state index >= 15 is 0 Å². The van der Waals surface area contributed by atoms with Gasteiger partial charge in [0.1, 0.15) is 0 Å². The molecule has 2 rings (SSSR count). The molecule has 2 saturated heterocycles. The molecule has 0 unspecified atom stereocenters. The maximum atomic E-state index is 11.9. The van der Waals surface area contributed by atoms with E-state index in [0.717, 1.165) is 19.3 Å². The van der Waals surface area contributed by atoms with E-state index in [4.69, 9.17) is 0 Å². The highest BCUT2D eigenvalue weighted by Crippen LogP contribution is 2.13. The van der Waals surface area contributed by atoms with Crippen molar-refractivity contribution in [3.63, 3.8) is 0 Å². The number of piperidine rings is 1. The van der Waals surface area contributed by atoms with E-state index in [0.29, 0.717) is 26.1 Å². The number of rotatable bonds is 2. The van der Waals surface area contributed by atoms with Crippen molar-refractivity contribution in [1.82, 2.24) is 9.80 Å². The lowest BCUT2D eigenvalue weighted by atomic mass is 10.1. The molecule has 16 heavy (non-hydrogen) atoms. The van der Waals surface area contributed by atoms with Crippen LogP contribution in [0.3, 0.4) is 0 Å². The van der Waals surface area contributed by atoms with Crippen molar-refractivity contribution in [2.24, 2.45) is 0 Å². The number of aliphatic hydroxyl groups excluding tert-OH is 1. The van der Waals surface area contributed by atoms with Gasteiger partial charge in [-0.25, -0.2) is 0 Å². The number of hydrogen-bond acceptors (Lipinski definition) is 3. The second kappa shape index (κ2) is 4.82. The smallest absolute Gasteiger partial charge is 0.242 e. The van der Waals surface area contributed by atoms with Crippen molar-refractivity contribution in [3.05, 3.63) is 0 Å². The van der Waals surface area contributed by atoms with Crippen LogP contribution < -0.4 is 0 Å². The number of carbonyl (C=O) groups excluding carboxylic acids is 2. The molecule has 0 spiro atoms. The van der Waals surface area contributed by atoms with Crippen LogP contribution in [0.5, 0.6) is 0 Å². The highest BCUT2D eigenvalue weighted by atomic mass is 16.3. The molecule has 2 heterocycles. The van der Waals surface area contributed by atoms with Crippen LogP contribution in [0.15, 0.2) is 0 Å². The summed E-state index contributed by atoms with van der Waals surface area (Å²) >= 11 is 0. The molecule has 2 aliphatic heterocycles. The molecular weight excluding hydrogens is 208 g/mol. The van der Waals surface area contributed by atoms with Gasteiger partial charge in [-0.1, -0.05) is 0 Å². The molecule has 0 radical (unpaired) electrons. The summed E-state index contributed by atoms with van der Waals surface area (Å²) in [6.45, 7) is 2.01. The van der Waals surface area contributed by atoms with Crippen molar-refractivity contribution in [2.45, 2.75) is 31.8 Å². The third-order valence-corrected chi connectivity index (χ3v) is 3.25. The fourth-order valence-corrected chi connectivity index (χ4v) is 2.32. The van der Waals surface area contributed by atoms with Gasteiger partial charge in [-0.15, -0.1) is 0 Å². The van der Waals surface area contributed by atoms with Crippen LogP contribution >= 0.6 is 0 Å². The van der Waals surface area contributed by atoms with Gasteiger partial charge in [0.05, 0.1) is 12.6 Å². The average molecular weight is 226 g/mol. The molecule has 90 valence electrons. The van der Waals surface area contributed by atoms with Crippen molar-refractivity contribution >= 4 is 11.8 Å². The van der Waals surface area contributed by atoms with Gasteiger partial charge in [0.15, 0.2) is 0 Å². The molecule has 1 atom stereocenters. The fraction of sp³-hybridized carbons (Fsp3) is 0.818. The summed E-state index contributed by atoms with van der Waals surface area (Å²) in [5, 5.41) is 9.47. The lowest BCUT2D eigenvalue weighted by Crippen LogP contribution is -2.46. The molecule has 0 saturated carbocycles. The molecule has 0 aromatic heterocycles. The van der Waals surface area contributed by atoms with E-state index in [2.05, 4.69) is 0 Å². The van der Waals surface area contributed by atoms with E-state index in [1.54, 1.807) is 9.80 Å². The molecule has 5 heteroatoms. The third-order valence-electron chi connectivity index (χ3n) is 3.25. The van der Waals surface area contributed by atoms with Gasteiger partial charge in [-0.3, -0.25) is 9.59 Å². The Morgan fingerprint density at radius 3 is 2.81 bits per heavy atom. The monoisotopic (exact) mass is 226 g/mol. The molecule has 1 N–H and O–H groups in total. The second-order valence-electron chi connectivity index (χ2n) is 4.55. The molecule has 2 amide bonds. The molecule has 5 nitrogen and oxygen atoms in total. The van der Waals surface area contributed by atoms with Gasteiger partial charge in [0, 0.05) is 26.1 Å². The Labute approximate surface area is 95.0 Å². The van der Waals surface area contributed by atoms with Gasteiger partial charge >= 0.3 is 0 Å². The number of likely N-dealkylation sites (tertiary alicyclic amines) is 2. The summed E-state index contributed by atoms with van der Waals surface area (Å²) in [4.78, 5) is 26.5. The van der Waals surface area contributed by atoms with Crippen LogP contribution in [-0.2, 0) is 9.59 Å². The quantitative estimate of drug-likeness (QED) is 0.696. The molecule has 0 bridgehead atoms. The summed E-state index contributed by atoms with van der Waals surface area (Å²) in [6.07, 6.45) is 2.64. The Morgan fingerprint density at radius 1 is 1.38 bits per heavy atom. The minimum atomic E-state index is -0.396. The maximum absolute atomic E-state index is 11.9. The van der Waals surface area contributed by atoms with Crippen molar-refractivity contribution in [3.8, 4) is 0 Å². The first kappa shape index (κ1) is 11.4. The number of carbonyl (C=O) groups is 2. The Bertz CT molecular complexity index is 293. The summed E-state index contributed by atoms with van der Waals surface area (Å²) in [5.41, 5.74) is 0. The van der Waals surface area contributed by atoms with Crippen molar-refractivity contribution in [1.29, 1.82) is 0 Å². The van der Waals surface area contributed by atoms with Gasteiger partial charge in [0.25, 0.3) is 0 Å². The standard InChI is InChI=1S/C11H18N2O3/c14-9-3-1-5-12(7-9)11(16)8-13-6-2-4-10(13)15/h9,14H,1-8H2/t9-/m0/s1. The van der Waals surface area contributed by atoms with E-state index < -0.39 is 6.10 Å². The zero-order chi connectivity index (χ0) is 11.5. The first-order chi connectivity index (χ1) is 7.66.